The van der Waals surface area contributed by atoms with Crippen molar-refractivity contribution in [1.82, 2.24) is 0 Å². The first-order valence-electron chi connectivity index (χ1n) is 1.91. The van der Waals surface area contributed by atoms with Crippen LogP contribution in [0.2, 0.25) is 4.34 Å². The molecule has 0 N–H and O–H groups in total. The van der Waals surface area contributed by atoms with Crippen molar-refractivity contribution in [3.05, 3.63) is 17.1 Å². The molecule has 50 valence electrons. The van der Waals surface area contributed by atoms with E-state index in [1.807, 2.05) is 0 Å². The van der Waals surface area contributed by atoms with E-state index in [-0.39, 0.29) is 0 Å². The van der Waals surface area contributed by atoms with E-state index in [0.29, 0.717) is 0 Å². The molecule has 0 saturated heterocycles. The number of rotatable bonds is 0. The summed E-state index contributed by atoms with van der Waals surface area (Å²) in [4.78, 5) is 0. The molecular weight excluding hydrogens is 355 g/mol. The fraction of sp³-hybridized carbons (Fsp3) is 0. The Morgan fingerprint density at radius 1 is 1.11 bits per heavy atom. The van der Waals surface area contributed by atoms with Gasteiger partial charge in [0.1, 0.15) is 4.34 Å². The predicted molar refractivity (Wildman–Crippen MR) is 52.4 cm³/mol. The molecule has 0 aliphatic carbocycles. The van der Waals surface area contributed by atoms with Gasteiger partial charge in [0, 0.05) is 0 Å². The third-order valence-electron chi connectivity index (χ3n) is 0.717. The van der Waals surface area contributed by atoms with E-state index in [2.05, 4.69) is 47.8 Å². The van der Waals surface area contributed by atoms with Gasteiger partial charge in [-0.05, 0) is 47.8 Å². The molecule has 0 aliphatic rings. The van der Waals surface area contributed by atoms with Crippen LogP contribution in [0.5, 0.6) is 0 Å². The van der Waals surface area contributed by atoms with Crippen LogP contribution in [0, 0.1) is 0 Å². The first kappa shape index (κ1) is 8.53. The minimum absolute atomic E-state index is 0.758. The molecule has 0 nitrogen and oxygen atoms in total. The Labute approximate surface area is 87.0 Å². The molecule has 1 aromatic heterocycles. The third kappa shape index (κ3) is 1.71. The van der Waals surface area contributed by atoms with Gasteiger partial charge < -0.3 is 0 Å². The number of halogens is 4. The molecule has 1 aromatic rings. The van der Waals surface area contributed by atoms with E-state index in [1.165, 1.54) is 11.3 Å². The van der Waals surface area contributed by atoms with Gasteiger partial charge in [-0.2, -0.15) is 0 Å². The zero-order valence-corrected chi connectivity index (χ0v) is 10.3. The van der Waals surface area contributed by atoms with E-state index in [4.69, 9.17) is 11.6 Å². The highest BCUT2D eigenvalue weighted by Crippen LogP contribution is 2.43. The van der Waals surface area contributed by atoms with Gasteiger partial charge in [0.15, 0.2) is 0 Å². The lowest BCUT2D eigenvalue weighted by Gasteiger charge is -1.82. The molecule has 0 unspecified atom stereocenters. The maximum absolute atomic E-state index is 5.75. The molecule has 0 saturated carbocycles. The van der Waals surface area contributed by atoms with Gasteiger partial charge in [-0.3, -0.25) is 0 Å². The molecule has 0 aliphatic heterocycles. The van der Waals surface area contributed by atoms with Crippen LogP contribution < -0.4 is 0 Å². The van der Waals surface area contributed by atoms with Gasteiger partial charge >= 0.3 is 0 Å². The Morgan fingerprint density at radius 3 is 1.78 bits per heavy atom. The highest BCUT2D eigenvalue weighted by molar-refractivity contribution is 9.14. The Hall–Kier alpha value is 1.43. The van der Waals surface area contributed by atoms with Crippen molar-refractivity contribution < 1.29 is 0 Å². The molecule has 1 rings (SSSR count). The summed E-state index contributed by atoms with van der Waals surface area (Å²) < 4.78 is 3.67. The largest absolute Gasteiger partial charge is 0.114 e. The molecule has 0 radical (unpaired) electrons. The Kier molecular flexibility index (Phi) is 3.05. The van der Waals surface area contributed by atoms with Crippen molar-refractivity contribution in [1.29, 1.82) is 0 Å². The van der Waals surface area contributed by atoms with Gasteiger partial charge in [0.05, 0.1) is 12.7 Å². The molecule has 0 amide bonds. The minimum atomic E-state index is 0.758. The van der Waals surface area contributed by atoms with E-state index in [1.54, 1.807) is 0 Å². The van der Waals surface area contributed by atoms with Crippen LogP contribution in [-0.2, 0) is 0 Å². The van der Waals surface area contributed by atoms with Crippen LogP contribution in [0.25, 0.3) is 0 Å². The quantitative estimate of drug-likeness (QED) is 0.633. The van der Waals surface area contributed by atoms with Crippen LogP contribution >= 0.6 is 70.7 Å². The summed E-state index contributed by atoms with van der Waals surface area (Å²) in [6.45, 7) is 0. The number of hydrogen-bond acceptors (Lipinski definition) is 1. The van der Waals surface area contributed by atoms with Crippen molar-refractivity contribution >= 4 is 70.7 Å². The van der Waals surface area contributed by atoms with Crippen LogP contribution in [0.3, 0.4) is 0 Å². The molecule has 0 aromatic carbocycles. The summed E-state index contributed by atoms with van der Waals surface area (Å²) >= 11 is 17.2. The molecular formula is C4Br3ClS. The van der Waals surface area contributed by atoms with Crippen LogP contribution in [0.4, 0.5) is 0 Å². The molecule has 0 fully saturated rings. The smallest absolute Gasteiger partial charge is 0.109 e. The summed E-state index contributed by atoms with van der Waals surface area (Å²) in [5, 5.41) is 0. The lowest BCUT2D eigenvalue weighted by Crippen LogP contribution is -1.54. The van der Waals surface area contributed by atoms with Crippen molar-refractivity contribution in [2.24, 2.45) is 0 Å². The van der Waals surface area contributed by atoms with E-state index in [0.717, 1.165) is 17.1 Å². The SMILES string of the molecule is Clc1sc(Br)c(Br)c1Br. The second-order valence-corrected chi connectivity index (χ2v) is 5.80. The summed E-state index contributed by atoms with van der Waals surface area (Å²) in [6.07, 6.45) is 0. The summed E-state index contributed by atoms with van der Waals surface area (Å²) in [6, 6.07) is 0. The lowest BCUT2D eigenvalue weighted by molar-refractivity contribution is 1.75. The zero-order valence-electron chi connectivity index (χ0n) is 3.92. The second kappa shape index (κ2) is 3.22. The van der Waals surface area contributed by atoms with Gasteiger partial charge in [0.25, 0.3) is 0 Å². The molecule has 0 spiro atoms. The zero-order chi connectivity index (χ0) is 7.02. The van der Waals surface area contributed by atoms with Gasteiger partial charge in [0.2, 0.25) is 0 Å². The van der Waals surface area contributed by atoms with Crippen molar-refractivity contribution in [3.63, 3.8) is 0 Å². The van der Waals surface area contributed by atoms with Gasteiger partial charge in [-0.1, -0.05) is 11.6 Å². The number of thiophene rings is 1. The molecule has 5 heteroatoms. The van der Waals surface area contributed by atoms with Crippen LogP contribution in [-0.4, -0.2) is 0 Å². The number of hydrogen-bond donors (Lipinski definition) is 0. The highest BCUT2D eigenvalue weighted by Gasteiger charge is 2.09. The molecule has 0 atom stereocenters. The van der Waals surface area contributed by atoms with Gasteiger partial charge in [-0.25, -0.2) is 0 Å². The maximum atomic E-state index is 5.75. The van der Waals surface area contributed by atoms with Crippen molar-refractivity contribution in [3.8, 4) is 0 Å². The topological polar surface area (TPSA) is 0 Å². The molecule has 9 heavy (non-hydrogen) atoms. The Bertz CT molecular complexity index is 209. The van der Waals surface area contributed by atoms with E-state index in [9.17, 15) is 0 Å². The second-order valence-electron chi connectivity index (χ2n) is 1.28. The molecule has 1 heterocycles. The monoisotopic (exact) mass is 352 g/mol. The average Bonchev–Trinajstić information content (AvgIpc) is 1.98. The maximum Gasteiger partial charge on any atom is 0.109 e. The fourth-order valence-electron chi connectivity index (χ4n) is 0.341. The highest BCUT2D eigenvalue weighted by atomic mass is 79.9. The van der Waals surface area contributed by atoms with E-state index < -0.39 is 0 Å². The van der Waals surface area contributed by atoms with Crippen molar-refractivity contribution in [2.45, 2.75) is 0 Å². The standard InChI is InChI=1S/C4Br3ClS/c5-1-2(6)4(8)9-3(1)7. The summed E-state index contributed by atoms with van der Waals surface area (Å²) in [5.74, 6) is 0. The Balaban J connectivity index is 3.29. The van der Waals surface area contributed by atoms with E-state index >= 15 is 0 Å². The third-order valence-corrected chi connectivity index (χ3v) is 6.19. The Morgan fingerprint density at radius 2 is 1.67 bits per heavy atom. The van der Waals surface area contributed by atoms with Gasteiger partial charge in [-0.15, -0.1) is 11.3 Å². The van der Waals surface area contributed by atoms with Crippen LogP contribution in [0.1, 0.15) is 0 Å². The fourth-order valence-corrected chi connectivity index (χ4v) is 3.70. The predicted octanol–water partition coefficient (Wildman–Crippen LogP) is 4.69. The summed E-state index contributed by atoms with van der Waals surface area (Å²) in [7, 11) is 0. The normalized spacial score (nSPS) is 10.2. The summed E-state index contributed by atoms with van der Waals surface area (Å²) in [5.41, 5.74) is 0. The average molecular weight is 355 g/mol. The van der Waals surface area contributed by atoms with Crippen molar-refractivity contribution in [2.75, 3.05) is 0 Å². The minimum Gasteiger partial charge on any atom is -0.114 e. The van der Waals surface area contributed by atoms with Crippen LogP contribution in [0.15, 0.2) is 12.7 Å². The first-order chi connectivity index (χ1) is 4.13. The molecule has 0 bridgehead atoms. The lowest BCUT2D eigenvalue weighted by atomic mass is 10.7. The first-order valence-corrected chi connectivity index (χ1v) is 5.49.